The van der Waals surface area contributed by atoms with E-state index in [2.05, 4.69) is 9.97 Å². The maximum Gasteiger partial charge on any atom is 0.313 e. The van der Waals surface area contributed by atoms with E-state index in [-0.39, 0.29) is 10.7 Å². The van der Waals surface area contributed by atoms with E-state index in [1.165, 1.54) is 12.3 Å². The summed E-state index contributed by atoms with van der Waals surface area (Å²) < 4.78 is 0. The molecule has 8 heteroatoms. The van der Waals surface area contributed by atoms with Gasteiger partial charge in [-0.15, -0.1) is 11.3 Å². The molecule has 6 nitrogen and oxygen atoms in total. The van der Waals surface area contributed by atoms with E-state index in [1.54, 1.807) is 29.5 Å². The molecular weight excluding hydrogens is 288 g/mol. The molecule has 0 aromatic carbocycles. The fourth-order valence-corrected chi connectivity index (χ4v) is 2.36. The lowest BCUT2D eigenvalue weighted by atomic mass is 10.3. The van der Waals surface area contributed by atoms with E-state index in [4.69, 9.17) is 11.6 Å². The highest BCUT2D eigenvalue weighted by Crippen LogP contribution is 2.27. The molecular formula is C11H11ClN4O2S. The van der Waals surface area contributed by atoms with Crippen molar-refractivity contribution in [2.75, 3.05) is 18.5 Å². The standard InChI is InChI=1S/C11H11ClN4O2S/c1-15(4-2-10-13-3-5-19-10)11-9(16(17)18)6-8(12)7-14-11/h3,5-7H,2,4H2,1H3. The summed E-state index contributed by atoms with van der Waals surface area (Å²) in [4.78, 5) is 20.4. The number of likely N-dealkylation sites (N-methyl/N-ethyl adjacent to an activating group) is 1. The van der Waals surface area contributed by atoms with Gasteiger partial charge in [-0.05, 0) is 0 Å². The summed E-state index contributed by atoms with van der Waals surface area (Å²) in [6.45, 7) is 0.600. The summed E-state index contributed by atoms with van der Waals surface area (Å²) in [5, 5.41) is 14.1. The summed E-state index contributed by atoms with van der Waals surface area (Å²) in [5.41, 5.74) is -0.0888. The third-order valence-corrected chi connectivity index (χ3v) is 3.56. The van der Waals surface area contributed by atoms with Crippen LogP contribution in [0.3, 0.4) is 0 Å². The molecule has 0 atom stereocenters. The molecule has 100 valence electrons. The quantitative estimate of drug-likeness (QED) is 0.627. The Morgan fingerprint density at radius 3 is 2.95 bits per heavy atom. The Morgan fingerprint density at radius 2 is 2.32 bits per heavy atom. The van der Waals surface area contributed by atoms with E-state index in [9.17, 15) is 10.1 Å². The van der Waals surface area contributed by atoms with Crippen molar-refractivity contribution in [1.29, 1.82) is 0 Å². The van der Waals surface area contributed by atoms with Crippen LogP contribution in [0.4, 0.5) is 11.5 Å². The summed E-state index contributed by atoms with van der Waals surface area (Å²) in [5.74, 6) is 0.311. The highest BCUT2D eigenvalue weighted by atomic mass is 35.5. The number of nitrogens with zero attached hydrogens (tertiary/aromatic N) is 4. The Bertz CT molecular complexity index is 576. The molecule has 0 amide bonds. The molecule has 2 aromatic rings. The van der Waals surface area contributed by atoms with Gasteiger partial charge in [0, 0.05) is 43.9 Å². The number of anilines is 1. The Hall–Kier alpha value is -1.73. The van der Waals surface area contributed by atoms with Gasteiger partial charge in [0.1, 0.15) is 0 Å². The maximum atomic E-state index is 11.0. The monoisotopic (exact) mass is 298 g/mol. The van der Waals surface area contributed by atoms with E-state index < -0.39 is 4.92 Å². The van der Waals surface area contributed by atoms with Crippen LogP contribution in [0.25, 0.3) is 0 Å². The Labute approximate surface area is 118 Å². The normalized spacial score (nSPS) is 10.4. The number of hydrogen-bond donors (Lipinski definition) is 0. The Kier molecular flexibility index (Phi) is 4.28. The van der Waals surface area contributed by atoms with Crippen molar-refractivity contribution >= 4 is 34.4 Å². The lowest BCUT2D eigenvalue weighted by Crippen LogP contribution is -2.22. The summed E-state index contributed by atoms with van der Waals surface area (Å²) in [6, 6.07) is 1.31. The number of hydrogen-bond acceptors (Lipinski definition) is 6. The molecule has 0 bridgehead atoms. The summed E-state index contributed by atoms with van der Waals surface area (Å²) in [6.07, 6.45) is 3.86. The average Bonchev–Trinajstić information content (AvgIpc) is 2.88. The molecule has 2 heterocycles. The minimum absolute atomic E-state index is 0.0888. The van der Waals surface area contributed by atoms with Crippen LogP contribution in [0, 0.1) is 10.1 Å². The van der Waals surface area contributed by atoms with Crippen molar-refractivity contribution in [1.82, 2.24) is 9.97 Å². The van der Waals surface area contributed by atoms with Crippen molar-refractivity contribution in [2.45, 2.75) is 6.42 Å². The average molecular weight is 299 g/mol. The number of pyridine rings is 1. The fourth-order valence-electron chi connectivity index (χ4n) is 1.60. The topological polar surface area (TPSA) is 72.2 Å². The van der Waals surface area contributed by atoms with Crippen LogP contribution in [0.5, 0.6) is 0 Å². The minimum atomic E-state index is -0.478. The van der Waals surface area contributed by atoms with Gasteiger partial charge < -0.3 is 4.90 Å². The van der Waals surface area contributed by atoms with Gasteiger partial charge in [-0.3, -0.25) is 10.1 Å². The van der Waals surface area contributed by atoms with Gasteiger partial charge in [0.25, 0.3) is 0 Å². The van der Waals surface area contributed by atoms with Crippen molar-refractivity contribution < 1.29 is 4.92 Å². The van der Waals surface area contributed by atoms with Gasteiger partial charge in [0.15, 0.2) is 0 Å². The van der Waals surface area contributed by atoms with Crippen molar-refractivity contribution in [3.63, 3.8) is 0 Å². The predicted molar refractivity (Wildman–Crippen MR) is 75.0 cm³/mol. The zero-order chi connectivity index (χ0) is 13.8. The van der Waals surface area contributed by atoms with E-state index >= 15 is 0 Å². The molecule has 0 aliphatic heterocycles. The molecule has 0 radical (unpaired) electrons. The minimum Gasteiger partial charge on any atom is -0.354 e. The second-order valence-electron chi connectivity index (χ2n) is 3.85. The summed E-state index contributed by atoms with van der Waals surface area (Å²) in [7, 11) is 1.76. The Morgan fingerprint density at radius 1 is 1.53 bits per heavy atom. The molecule has 0 N–H and O–H groups in total. The van der Waals surface area contributed by atoms with Crippen LogP contribution < -0.4 is 4.90 Å². The van der Waals surface area contributed by atoms with E-state index in [0.717, 1.165) is 11.4 Å². The highest BCUT2D eigenvalue weighted by Gasteiger charge is 2.19. The number of rotatable bonds is 5. The van der Waals surface area contributed by atoms with Crippen LogP contribution >= 0.6 is 22.9 Å². The van der Waals surface area contributed by atoms with Gasteiger partial charge in [-0.25, -0.2) is 9.97 Å². The van der Waals surface area contributed by atoms with Gasteiger partial charge in [-0.1, -0.05) is 11.6 Å². The van der Waals surface area contributed by atoms with Crippen LogP contribution in [-0.4, -0.2) is 28.5 Å². The van der Waals surface area contributed by atoms with Crippen LogP contribution in [-0.2, 0) is 6.42 Å². The smallest absolute Gasteiger partial charge is 0.313 e. The lowest BCUT2D eigenvalue weighted by molar-refractivity contribution is -0.384. The molecule has 0 spiro atoms. The van der Waals surface area contributed by atoms with Gasteiger partial charge >= 0.3 is 5.69 Å². The number of aromatic nitrogens is 2. The van der Waals surface area contributed by atoms with E-state index in [0.29, 0.717) is 12.4 Å². The van der Waals surface area contributed by atoms with Gasteiger partial charge in [-0.2, -0.15) is 0 Å². The molecule has 0 saturated carbocycles. The predicted octanol–water partition coefficient (Wildman–Crippen LogP) is 2.78. The molecule has 0 aliphatic carbocycles. The maximum absolute atomic E-state index is 11.0. The Balaban J connectivity index is 2.14. The first-order valence-corrected chi connectivity index (χ1v) is 6.73. The fraction of sp³-hybridized carbons (Fsp3) is 0.273. The molecule has 2 aromatic heterocycles. The second-order valence-corrected chi connectivity index (χ2v) is 5.27. The third-order valence-electron chi connectivity index (χ3n) is 2.52. The number of nitro groups is 1. The van der Waals surface area contributed by atoms with Crippen LogP contribution in [0.2, 0.25) is 5.02 Å². The SMILES string of the molecule is CN(CCc1nccs1)c1ncc(Cl)cc1[N+](=O)[O-]. The van der Waals surface area contributed by atoms with Crippen LogP contribution in [0.1, 0.15) is 5.01 Å². The molecule has 19 heavy (non-hydrogen) atoms. The molecule has 0 saturated heterocycles. The van der Waals surface area contributed by atoms with Crippen molar-refractivity contribution in [2.24, 2.45) is 0 Å². The first kappa shape index (κ1) is 13.7. The second kappa shape index (κ2) is 5.94. The van der Waals surface area contributed by atoms with Crippen molar-refractivity contribution in [3.05, 3.63) is 44.0 Å². The zero-order valence-corrected chi connectivity index (χ0v) is 11.7. The van der Waals surface area contributed by atoms with E-state index in [1.807, 2.05) is 5.38 Å². The molecule has 2 rings (SSSR count). The summed E-state index contributed by atoms with van der Waals surface area (Å²) >= 11 is 7.29. The van der Waals surface area contributed by atoms with Gasteiger partial charge in [0.2, 0.25) is 5.82 Å². The zero-order valence-electron chi connectivity index (χ0n) is 10.1. The van der Waals surface area contributed by atoms with Gasteiger partial charge in [0.05, 0.1) is 15.0 Å². The highest BCUT2D eigenvalue weighted by molar-refractivity contribution is 7.09. The molecule has 0 aliphatic rings. The largest absolute Gasteiger partial charge is 0.354 e. The number of thiazole rings is 1. The first-order valence-electron chi connectivity index (χ1n) is 5.47. The molecule has 0 unspecified atom stereocenters. The van der Waals surface area contributed by atoms with Crippen molar-refractivity contribution in [3.8, 4) is 0 Å². The first-order chi connectivity index (χ1) is 9.08. The lowest BCUT2D eigenvalue weighted by Gasteiger charge is -2.17. The molecule has 0 fully saturated rings. The van der Waals surface area contributed by atoms with Crippen LogP contribution in [0.15, 0.2) is 23.8 Å². The third kappa shape index (κ3) is 3.39. The number of halogens is 1.